The summed E-state index contributed by atoms with van der Waals surface area (Å²) >= 11 is 0. The van der Waals surface area contributed by atoms with E-state index in [4.69, 9.17) is 9.47 Å². The Bertz CT molecular complexity index is 236. The fourth-order valence-corrected chi connectivity index (χ4v) is 1.84. The quantitative estimate of drug-likeness (QED) is 0.650. The van der Waals surface area contributed by atoms with Gasteiger partial charge in [0.05, 0.1) is 12.2 Å². The predicted molar refractivity (Wildman–Crippen MR) is 51.1 cm³/mol. The van der Waals surface area contributed by atoms with Crippen molar-refractivity contribution >= 4 is 6.09 Å². The summed E-state index contributed by atoms with van der Waals surface area (Å²) < 4.78 is 10.4. The molecule has 0 radical (unpaired) electrons. The van der Waals surface area contributed by atoms with E-state index in [9.17, 15) is 4.79 Å². The number of fused-ring (bicyclic) bond motifs is 1. The average molecular weight is 199 g/mol. The smallest absolute Gasteiger partial charge is 0.407 e. The number of hydrogen-bond donors (Lipinski definition) is 1. The molecule has 1 heterocycles. The van der Waals surface area contributed by atoms with Crippen molar-refractivity contribution in [2.75, 3.05) is 0 Å². The Kier molecular flexibility index (Phi) is 2.18. The molecule has 1 amide bonds. The molecule has 0 unspecified atom stereocenters. The molecule has 0 bridgehead atoms. The van der Waals surface area contributed by atoms with Crippen molar-refractivity contribution in [3.05, 3.63) is 0 Å². The number of hydrogen-bond acceptors (Lipinski definition) is 3. The normalized spacial score (nSPS) is 31.1. The molecule has 1 saturated heterocycles. The van der Waals surface area contributed by atoms with E-state index >= 15 is 0 Å². The van der Waals surface area contributed by atoms with Crippen molar-refractivity contribution in [3.8, 4) is 0 Å². The van der Waals surface area contributed by atoms with E-state index in [1.54, 1.807) is 0 Å². The fourth-order valence-electron chi connectivity index (χ4n) is 1.84. The van der Waals surface area contributed by atoms with Gasteiger partial charge >= 0.3 is 6.09 Å². The molecule has 80 valence electrons. The van der Waals surface area contributed by atoms with Gasteiger partial charge < -0.3 is 14.8 Å². The van der Waals surface area contributed by atoms with Gasteiger partial charge in [-0.3, -0.25) is 0 Å². The maximum absolute atomic E-state index is 11.4. The monoisotopic (exact) mass is 199 g/mol. The maximum atomic E-state index is 11.4. The molecule has 1 aliphatic carbocycles. The van der Waals surface area contributed by atoms with Gasteiger partial charge in [0.2, 0.25) is 0 Å². The Morgan fingerprint density at radius 1 is 1.36 bits per heavy atom. The molecule has 1 saturated carbocycles. The summed E-state index contributed by atoms with van der Waals surface area (Å²) in [4.78, 5) is 11.4. The summed E-state index contributed by atoms with van der Waals surface area (Å²) in [6.07, 6.45) is 2.35. The summed E-state index contributed by atoms with van der Waals surface area (Å²) in [6.45, 7) is 5.59. The lowest BCUT2D eigenvalue weighted by Gasteiger charge is -2.22. The summed E-state index contributed by atoms with van der Waals surface area (Å²) in [6, 6.07) is 0.244. The van der Waals surface area contributed by atoms with E-state index in [-0.39, 0.29) is 12.1 Å². The van der Waals surface area contributed by atoms with Crippen LogP contribution in [0.25, 0.3) is 0 Å². The minimum atomic E-state index is -0.415. The number of carbonyl (C=O) groups is 1. The lowest BCUT2D eigenvalue weighted by molar-refractivity contribution is 0.0496. The Balaban J connectivity index is 1.72. The molecule has 1 aliphatic heterocycles. The van der Waals surface area contributed by atoms with Gasteiger partial charge in [0, 0.05) is 6.04 Å². The number of epoxide rings is 1. The Morgan fingerprint density at radius 3 is 2.43 bits per heavy atom. The summed E-state index contributed by atoms with van der Waals surface area (Å²) in [5.41, 5.74) is -0.415. The highest BCUT2D eigenvalue weighted by molar-refractivity contribution is 5.68. The lowest BCUT2D eigenvalue weighted by atomic mass is 10.2. The van der Waals surface area contributed by atoms with Crippen molar-refractivity contribution in [1.29, 1.82) is 0 Å². The number of nitrogens with one attached hydrogen (secondary N) is 1. The van der Waals surface area contributed by atoms with Gasteiger partial charge in [-0.05, 0) is 33.6 Å². The third kappa shape index (κ3) is 2.38. The summed E-state index contributed by atoms with van der Waals surface area (Å²) in [5, 5.41) is 2.86. The second-order valence-corrected chi connectivity index (χ2v) is 5.03. The first-order valence-corrected chi connectivity index (χ1v) is 5.09. The first-order chi connectivity index (χ1) is 6.44. The third-order valence-corrected chi connectivity index (χ3v) is 2.44. The van der Waals surface area contributed by atoms with Crippen molar-refractivity contribution in [3.63, 3.8) is 0 Å². The molecule has 2 rings (SSSR count). The largest absolute Gasteiger partial charge is 0.444 e. The first kappa shape index (κ1) is 9.77. The van der Waals surface area contributed by atoms with Crippen LogP contribution in [0.4, 0.5) is 4.79 Å². The molecule has 0 aromatic rings. The molecule has 2 fully saturated rings. The molecule has 4 heteroatoms. The Hall–Kier alpha value is -0.770. The molecule has 0 aromatic carbocycles. The zero-order valence-electron chi connectivity index (χ0n) is 8.87. The summed E-state index contributed by atoms with van der Waals surface area (Å²) in [7, 11) is 0. The van der Waals surface area contributed by atoms with E-state index in [0.717, 1.165) is 12.8 Å². The van der Waals surface area contributed by atoms with E-state index in [0.29, 0.717) is 12.2 Å². The van der Waals surface area contributed by atoms with Crippen LogP contribution in [0.3, 0.4) is 0 Å². The van der Waals surface area contributed by atoms with Crippen LogP contribution in [0.5, 0.6) is 0 Å². The van der Waals surface area contributed by atoms with Crippen LogP contribution >= 0.6 is 0 Å². The van der Waals surface area contributed by atoms with E-state index in [1.807, 2.05) is 20.8 Å². The zero-order chi connectivity index (χ0) is 10.3. The molecule has 4 nitrogen and oxygen atoms in total. The van der Waals surface area contributed by atoms with Crippen LogP contribution < -0.4 is 5.32 Å². The fraction of sp³-hybridized carbons (Fsp3) is 0.900. The SMILES string of the molecule is CC(C)(C)OC(=O)NC1C[C@H]2O[C@@H]2C1. The van der Waals surface area contributed by atoms with Gasteiger partial charge in [0.1, 0.15) is 5.60 Å². The van der Waals surface area contributed by atoms with Crippen LogP contribution in [0.1, 0.15) is 33.6 Å². The van der Waals surface area contributed by atoms with Crippen LogP contribution in [-0.4, -0.2) is 29.9 Å². The minimum absolute atomic E-state index is 0.244. The lowest BCUT2D eigenvalue weighted by Crippen LogP contribution is -2.38. The highest BCUT2D eigenvalue weighted by atomic mass is 16.6. The summed E-state index contributed by atoms with van der Waals surface area (Å²) in [5.74, 6) is 0. The van der Waals surface area contributed by atoms with Crippen LogP contribution in [0, 0.1) is 0 Å². The first-order valence-electron chi connectivity index (χ1n) is 5.09. The van der Waals surface area contributed by atoms with Gasteiger partial charge in [0.15, 0.2) is 0 Å². The van der Waals surface area contributed by atoms with Crippen molar-refractivity contribution in [2.45, 2.75) is 57.5 Å². The zero-order valence-corrected chi connectivity index (χ0v) is 8.87. The van der Waals surface area contributed by atoms with E-state index < -0.39 is 5.60 Å². The second-order valence-electron chi connectivity index (χ2n) is 5.03. The third-order valence-electron chi connectivity index (χ3n) is 2.44. The molecule has 2 atom stereocenters. The van der Waals surface area contributed by atoms with E-state index in [2.05, 4.69) is 5.32 Å². The van der Waals surface area contributed by atoms with E-state index in [1.165, 1.54) is 0 Å². The van der Waals surface area contributed by atoms with Gasteiger partial charge in [0.25, 0.3) is 0 Å². The number of carbonyl (C=O) groups excluding carboxylic acids is 1. The maximum Gasteiger partial charge on any atom is 0.407 e. The van der Waals surface area contributed by atoms with Crippen molar-refractivity contribution in [1.82, 2.24) is 5.32 Å². The van der Waals surface area contributed by atoms with Crippen molar-refractivity contribution < 1.29 is 14.3 Å². The van der Waals surface area contributed by atoms with Crippen LogP contribution in [0.2, 0.25) is 0 Å². The van der Waals surface area contributed by atoms with Gasteiger partial charge in [-0.15, -0.1) is 0 Å². The van der Waals surface area contributed by atoms with Crippen molar-refractivity contribution in [2.24, 2.45) is 0 Å². The second kappa shape index (κ2) is 3.12. The average Bonchev–Trinajstić information content (AvgIpc) is 2.54. The highest BCUT2D eigenvalue weighted by Crippen LogP contribution is 2.38. The molecular weight excluding hydrogens is 182 g/mol. The number of alkyl carbamates (subject to hydrolysis) is 1. The Morgan fingerprint density at radius 2 is 1.93 bits per heavy atom. The van der Waals surface area contributed by atoms with Gasteiger partial charge in [-0.25, -0.2) is 4.79 Å². The molecular formula is C10H17NO3. The van der Waals surface area contributed by atoms with Gasteiger partial charge in [-0.2, -0.15) is 0 Å². The number of amides is 1. The van der Waals surface area contributed by atoms with Crippen LogP contribution in [0.15, 0.2) is 0 Å². The molecule has 2 aliphatic rings. The predicted octanol–water partition coefficient (Wildman–Crippen LogP) is 1.44. The molecule has 0 aromatic heterocycles. The van der Waals surface area contributed by atoms with Gasteiger partial charge in [-0.1, -0.05) is 0 Å². The molecule has 0 spiro atoms. The van der Waals surface area contributed by atoms with Crippen LogP contribution in [-0.2, 0) is 9.47 Å². The standard InChI is InChI=1S/C10H17NO3/c1-10(2,3)14-9(12)11-6-4-7-8(5-6)13-7/h6-8H,4-5H2,1-3H3,(H,11,12)/t7-,8-/m1/s1. The number of rotatable bonds is 1. The Labute approximate surface area is 84.0 Å². The highest BCUT2D eigenvalue weighted by Gasteiger charge is 2.48. The topological polar surface area (TPSA) is 50.9 Å². The molecule has 14 heavy (non-hydrogen) atoms. The molecule has 1 N–H and O–H groups in total. The minimum Gasteiger partial charge on any atom is -0.444 e. The number of ether oxygens (including phenoxy) is 2.